The average molecular weight is 473 g/mol. The van der Waals surface area contributed by atoms with Crippen LogP contribution in [0.5, 0.6) is 17.4 Å². The first kappa shape index (κ1) is 22.2. The summed E-state index contributed by atoms with van der Waals surface area (Å²) < 4.78 is 24.1. The van der Waals surface area contributed by atoms with Crippen molar-refractivity contribution in [1.82, 2.24) is 15.0 Å². The smallest absolute Gasteiger partial charge is 0.249 e. The second kappa shape index (κ2) is 8.98. The van der Waals surface area contributed by atoms with Crippen molar-refractivity contribution < 1.29 is 23.5 Å². The van der Waals surface area contributed by atoms with Crippen LogP contribution in [0.4, 0.5) is 15.8 Å². The number of anilines is 2. The predicted molar refractivity (Wildman–Crippen MR) is 126 cm³/mol. The molecule has 0 saturated heterocycles. The summed E-state index contributed by atoms with van der Waals surface area (Å²) in [5.41, 5.74) is 0.858. The van der Waals surface area contributed by atoms with Gasteiger partial charge in [-0.05, 0) is 61.4 Å². The molecular formula is C25H20FN5O4. The summed E-state index contributed by atoms with van der Waals surface area (Å²) in [5.74, 6) is 0.118. The fourth-order valence-electron chi connectivity index (χ4n) is 3.52. The van der Waals surface area contributed by atoms with Gasteiger partial charge in [0, 0.05) is 17.4 Å². The van der Waals surface area contributed by atoms with Gasteiger partial charge in [0.05, 0.1) is 18.8 Å². The van der Waals surface area contributed by atoms with Crippen LogP contribution in [0.2, 0.25) is 0 Å². The molecule has 2 heterocycles. The maximum Gasteiger partial charge on any atom is 0.249 e. The molecule has 0 aliphatic heterocycles. The number of nitrogens with one attached hydrogen (secondary N) is 2. The molecule has 0 atom stereocenters. The van der Waals surface area contributed by atoms with Gasteiger partial charge in [-0.3, -0.25) is 9.59 Å². The maximum absolute atomic E-state index is 13.1. The Kier molecular flexibility index (Phi) is 5.69. The number of rotatable bonds is 7. The zero-order chi connectivity index (χ0) is 24.4. The summed E-state index contributed by atoms with van der Waals surface area (Å²) in [6, 6.07) is 13.8. The van der Waals surface area contributed by atoms with Crippen LogP contribution in [0.25, 0.3) is 11.0 Å². The predicted octanol–water partition coefficient (Wildman–Crippen LogP) is 4.32. The minimum Gasteiger partial charge on any atom is -0.495 e. The van der Waals surface area contributed by atoms with Crippen LogP contribution in [0.3, 0.4) is 0 Å². The summed E-state index contributed by atoms with van der Waals surface area (Å²) in [6.45, 7) is 0. The Balaban J connectivity index is 1.25. The number of carbonyl (C=O) groups is 2. The molecule has 0 bridgehead atoms. The first-order valence-corrected chi connectivity index (χ1v) is 10.8. The second-order valence-corrected chi connectivity index (χ2v) is 8.05. The molecule has 2 amide bonds. The Morgan fingerprint density at radius 1 is 0.886 bits per heavy atom. The second-order valence-electron chi connectivity index (χ2n) is 8.05. The van der Waals surface area contributed by atoms with Crippen LogP contribution >= 0.6 is 0 Å². The number of ether oxygens (including phenoxy) is 2. The van der Waals surface area contributed by atoms with Crippen LogP contribution in [0.15, 0.2) is 67.1 Å². The molecular weight excluding hydrogens is 453 g/mol. The molecule has 2 N–H and O–H groups in total. The zero-order valence-corrected chi connectivity index (χ0v) is 18.6. The molecule has 1 aliphatic rings. The number of methoxy groups -OCH3 is 1. The van der Waals surface area contributed by atoms with E-state index in [9.17, 15) is 14.0 Å². The van der Waals surface area contributed by atoms with Crippen molar-refractivity contribution in [1.29, 1.82) is 0 Å². The Morgan fingerprint density at radius 2 is 1.51 bits per heavy atom. The number of hydrogen-bond acceptors (Lipinski definition) is 7. The van der Waals surface area contributed by atoms with Gasteiger partial charge in [0.15, 0.2) is 5.52 Å². The van der Waals surface area contributed by atoms with Crippen LogP contribution in [0.1, 0.15) is 12.8 Å². The summed E-state index contributed by atoms with van der Waals surface area (Å²) >= 11 is 0. The summed E-state index contributed by atoms with van der Waals surface area (Å²) in [4.78, 5) is 38.2. The SMILES string of the molecule is COc1cnc2c(Oc3ccc(NC(=O)C4(C(=O)Nc5ccc(F)cc5)CC4)cc3)ncnc2c1. The lowest BCUT2D eigenvalue weighted by Gasteiger charge is -2.16. The van der Waals surface area contributed by atoms with Gasteiger partial charge in [-0.2, -0.15) is 4.98 Å². The van der Waals surface area contributed by atoms with Gasteiger partial charge in [0.25, 0.3) is 0 Å². The molecule has 2 aromatic carbocycles. The fourth-order valence-corrected chi connectivity index (χ4v) is 3.52. The first-order chi connectivity index (χ1) is 17.0. The van der Waals surface area contributed by atoms with Gasteiger partial charge in [-0.15, -0.1) is 0 Å². The number of carbonyl (C=O) groups excluding carboxylic acids is 2. The van der Waals surface area contributed by atoms with Gasteiger partial charge in [0.2, 0.25) is 17.7 Å². The van der Waals surface area contributed by atoms with Crippen molar-refractivity contribution in [3.8, 4) is 17.4 Å². The quantitative estimate of drug-likeness (QED) is 0.384. The van der Waals surface area contributed by atoms with Crippen molar-refractivity contribution in [2.75, 3.05) is 17.7 Å². The Hall–Kier alpha value is -4.60. The lowest BCUT2D eigenvalue weighted by atomic mass is 10.0. The molecule has 0 spiro atoms. The molecule has 4 aromatic rings. The van der Waals surface area contributed by atoms with Gasteiger partial charge < -0.3 is 20.1 Å². The summed E-state index contributed by atoms with van der Waals surface area (Å²) in [5, 5.41) is 5.47. The number of halogens is 1. The van der Waals surface area contributed by atoms with Gasteiger partial charge in [-0.1, -0.05) is 0 Å². The molecule has 1 saturated carbocycles. The largest absolute Gasteiger partial charge is 0.495 e. The molecule has 2 aromatic heterocycles. The van der Waals surface area contributed by atoms with Crippen LogP contribution in [-0.2, 0) is 9.59 Å². The molecule has 1 fully saturated rings. The number of fused-ring (bicyclic) bond motifs is 1. The average Bonchev–Trinajstić information content (AvgIpc) is 3.69. The van der Waals surface area contributed by atoms with E-state index < -0.39 is 23.0 Å². The maximum atomic E-state index is 13.1. The van der Waals surface area contributed by atoms with Crippen molar-refractivity contribution in [3.63, 3.8) is 0 Å². The zero-order valence-electron chi connectivity index (χ0n) is 18.6. The number of aromatic nitrogens is 3. The molecule has 5 rings (SSSR count). The van der Waals surface area contributed by atoms with E-state index in [0.29, 0.717) is 46.7 Å². The van der Waals surface area contributed by atoms with E-state index in [1.807, 2.05) is 0 Å². The van der Waals surface area contributed by atoms with E-state index >= 15 is 0 Å². The molecule has 1 aliphatic carbocycles. The van der Waals surface area contributed by atoms with Crippen LogP contribution in [-0.4, -0.2) is 33.9 Å². The van der Waals surface area contributed by atoms with E-state index in [1.165, 1.54) is 30.6 Å². The van der Waals surface area contributed by atoms with Crippen LogP contribution in [0, 0.1) is 11.2 Å². The third-order valence-corrected chi connectivity index (χ3v) is 5.70. The standard InChI is InChI=1S/C25H20FN5O4/c1-34-19-12-20-21(27-13-19)22(29-14-28-20)35-18-8-6-17(7-9-18)31-24(33)25(10-11-25)23(32)30-16-4-2-15(26)3-5-16/h2-9,12-14H,10-11H2,1H3,(H,30,32)(H,31,33). The van der Waals surface area contributed by atoms with Gasteiger partial charge >= 0.3 is 0 Å². The lowest BCUT2D eigenvalue weighted by molar-refractivity contribution is -0.131. The Bertz CT molecular complexity index is 1410. The molecule has 9 nitrogen and oxygen atoms in total. The van der Waals surface area contributed by atoms with Crippen molar-refractivity contribution >= 4 is 34.2 Å². The normalized spacial score (nSPS) is 13.7. The number of benzene rings is 2. The lowest BCUT2D eigenvalue weighted by Crippen LogP contribution is -2.35. The Labute approximate surface area is 199 Å². The monoisotopic (exact) mass is 473 g/mol. The highest BCUT2D eigenvalue weighted by molar-refractivity contribution is 6.16. The van der Waals surface area contributed by atoms with E-state index in [2.05, 4.69) is 25.6 Å². The van der Waals surface area contributed by atoms with Gasteiger partial charge in [-0.25, -0.2) is 14.4 Å². The third kappa shape index (κ3) is 4.58. The van der Waals surface area contributed by atoms with E-state index in [1.54, 1.807) is 43.6 Å². The van der Waals surface area contributed by atoms with E-state index in [4.69, 9.17) is 9.47 Å². The van der Waals surface area contributed by atoms with Gasteiger partial charge in [0.1, 0.15) is 29.1 Å². The highest BCUT2D eigenvalue weighted by atomic mass is 19.1. The highest BCUT2D eigenvalue weighted by Gasteiger charge is 2.56. The molecule has 35 heavy (non-hydrogen) atoms. The number of amides is 2. The number of nitrogens with zero attached hydrogens (tertiary/aromatic N) is 3. The first-order valence-electron chi connectivity index (χ1n) is 10.8. The number of pyridine rings is 1. The third-order valence-electron chi connectivity index (χ3n) is 5.70. The van der Waals surface area contributed by atoms with E-state index in [-0.39, 0.29) is 5.88 Å². The fraction of sp³-hybridized carbons (Fsp3) is 0.160. The topological polar surface area (TPSA) is 115 Å². The molecule has 10 heteroatoms. The molecule has 176 valence electrons. The number of hydrogen-bond donors (Lipinski definition) is 2. The van der Waals surface area contributed by atoms with E-state index in [0.717, 1.165) is 0 Å². The summed E-state index contributed by atoms with van der Waals surface area (Å²) in [7, 11) is 1.55. The summed E-state index contributed by atoms with van der Waals surface area (Å²) in [6.07, 6.45) is 3.80. The Morgan fingerprint density at radius 3 is 2.11 bits per heavy atom. The highest BCUT2D eigenvalue weighted by Crippen LogP contribution is 2.47. The van der Waals surface area contributed by atoms with Crippen LogP contribution < -0.4 is 20.1 Å². The minimum atomic E-state index is -1.14. The van der Waals surface area contributed by atoms with Crippen molar-refractivity contribution in [2.24, 2.45) is 5.41 Å². The molecule has 0 radical (unpaired) electrons. The van der Waals surface area contributed by atoms with Crippen molar-refractivity contribution in [3.05, 3.63) is 72.9 Å². The minimum absolute atomic E-state index is 0.281. The van der Waals surface area contributed by atoms with Crippen molar-refractivity contribution in [2.45, 2.75) is 12.8 Å². The molecule has 0 unspecified atom stereocenters.